The third-order valence-corrected chi connectivity index (χ3v) is 14.3. The van der Waals surface area contributed by atoms with Crippen molar-refractivity contribution in [1.82, 2.24) is 0 Å². The second-order valence-electron chi connectivity index (χ2n) is 16.3. The Bertz CT molecular complexity index is 3610. The first-order chi connectivity index (χ1) is 30.2. The molecule has 61 heavy (non-hydrogen) atoms. The van der Waals surface area contributed by atoms with Gasteiger partial charge in [-0.1, -0.05) is 194 Å². The maximum absolute atomic E-state index is 2.39. The summed E-state index contributed by atoms with van der Waals surface area (Å²) in [5.41, 5.74) is 9.92. The van der Waals surface area contributed by atoms with E-state index in [0.29, 0.717) is 0 Å². The molecule has 12 aromatic carbocycles. The third kappa shape index (κ3) is 5.31. The van der Waals surface area contributed by atoms with E-state index in [0.717, 1.165) is 0 Å². The smallest absolute Gasteiger partial charge is 0.0434 e. The Hall–Kier alpha value is -7.58. The first kappa shape index (κ1) is 34.3. The standard InChI is InChI=1S/C60H36S/c1-3-21-49-45(17-1)47-19-5-7-23-51(47)57-35-39(29-31-53(49)57)37-13-9-15-41(33-37)43-25-11-27-55-56-28-12-26-44(60(56)61-59(43)55)42-16-10-14-38(34-42)40-30-32-54-50-22-4-2-18-46(50)48-20-6-8-24-52(48)58(54)36-40/h1-36H. The van der Waals surface area contributed by atoms with E-state index in [9.17, 15) is 0 Å². The topological polar surface area (TPSA) is 0 Å². The van der Waals surface area contributed by atoms with Crippen LogP contribution in [0.5, 0.6) is 0 Å². The van der Waals surface area contributed by atoms with Crippen LogP contribution in [0.2, 0.25) is 0 Å². The average molecular weight is 789 g/mol. The van der Waals surface area contributed by atoms with Crippen LogP contribution >= 0.6 is 11.3 Å². The van der Waals surface area contributed by atoms with Crippen molar-refractivity contribution in [2.45, 2.75) is 0 Å². The molecule has 0 N–H and O–H groups in total. The fraction of sp³-hybridized carbons (Fsp3) is 0. The first-order valence-corrected chi connectivity index (χ1v) is 21.9. The Balaban J connectivity index is 0.916. The van der Waals surface area contributed by atoms with Crippen LogP contribution in [0.25, 0.3) is 129 Å². The lowest BCUT2D eigenvalue weighted by atomic mass is 9.91. The van der Waals surface area contributed by atoms with Crippen LogP contribution in [0.4, 0.5) is 0 Å². The Morgan fingerprint density at radius 3 is 0.836 bits per heavy atom. The average Bonchev–Trinajstić information content (AvgIpc) is 3.73. The molecule has 0 aliphatic rings. The van der Waals surface area contributed by atoms with Crippen LogP contribution in [-0.4, -0.2) is 0 Å². The van der Waals surface area contributed by atoms with Crippen molar-refractivity contribution in [3.8, 4) is 44.5 Å². The molecule has 0 bridgehead atoms. The minimum Gasteiger partial charge on any atom is -0.134 e. The zero-order valence-corrected chi connectivity index (χ0v) is 34.0. The molecule has 282 valence electrons. The summed E-state index contributed by atoms with van der Waals surface area (Å²) < 4.78 is 2.64. The second-order valence-corrected chi connectivity index (χ2v) is 17.4. The van der Waals surface area contributed by atoms with Gasteiger partial charge in [0.05, 0.1) is 0 Å². The molecule has 0 atom stereocenters. The van der Waals surface area contributed by atoms with Gasteiger partial charge >= 0.3 is 0 Å². The molecule has 0 spiro atoms. The van der Waals surface area contributed by atoms with Gasteiger partial charge in [-0.3, -0.25) is 0 Å². The van der Waals surface area contributed by atoms with Gasteiger partial charge in [-0.05, 0) is 133 Å². The van der Waals surface area contributed by atoms with Gasteiger partial charge in [0, 0.05) is 20.2 Å². The number of hydrogen-bond acceptors (Lipinski definition) is 1. The summed E-state index contributed by atoms with van der Waals surface area (Å²) >= 11 is 1.92. The van der Waals surface area contributed by atoms with E-state index in [1.54, 1.807) is 0 Å². The Kier molecular flexibility index (Phi) is 7.58. The number of thiophene rings is 1. The third-order valence-electron chi connectivity index (χ3n) is 13.0. The van der Waals surface area contributed by atoms with Gasteiger partial charge < -0.3 is 0 Å². The summed E-state index contributed by atoms with van der Waals surface area (Å²) in [6, 6.07) is 81.2. The van der Waals surface area contributed by atoms with Crippen LogP contribution in [-0.2, 0) is 0 Å². The van der Waals surface area contributed by atoms with Crippen molar-refractivity contribution in [3.05, 3.63) is 218 Å². The van der Waals surface area contributed by atoms with Crippen molar-refractivity contribution in [3.63, 3.8) is 0 Å². The molecule has 0 fully saturated rings. The summed E-state index contributed by atoms with van der Waals surface area (Å²) in [5.74, 6) is 0. The van der Waals surface area contributed by atoms with Gasteiger partial charge in [0.15, 0.2) is 0 Å². The molecule has 1 heterocycles. The van der Waals surface area contributed by atoms with Crippen LogP contribution in [0, 0.1) is 0 Å². The Labute approximate surface area is 357 Å². The Morgan fingerprint density at radius 2 is 0.459 bits per heavy atom. The van der Waals surface area contributed by atoms with Crippen LogP contribution in [0.15, 0.2) is 218 Å². The highest BCUT2D eigenvalue weighted by Gasteiger charge is 2.16. The molecule has 0 radical (unpaired) electrons. The first-order valence-electron chi connectivity index (χ1n) is 21.1. The van der Waals surface area contributed by atoms with E-state index >= 15 is 0 Å². The predicted molar refractivity (Wildman–Crippen MR) is 266 cm³/mol. The SMILES string of the molecule is c1cc(-c2ccc3c4ccccc4c4ccccc4c3c2)cc(-c2cccc3c2sc2c(-c4cccc(-c5ccc6c7ccccc7c7ccccc7c6c5)c4)cccc23)c1. The van der Waals surface area contributed by atoms with E-state index in [1.807, 2.05) is 11.3 Å². The van der Waals surface area contributed by atoms with Gasteiger partial charge in [-0.2, -0.15) is 0 Å². The van der Waals surface area contributed by atoms with Crippen LogP contribution in [0.3, 0.4) is 0 Å². The highest BCUT2D eigenvalue weighted by molar-refractivity contribution is 7.26. The normalized spacial score (nSPS) is 11.9. The minimum atomic E-state index is 1.22. The van der Waals surface area contributed by atoms with Crippen LogP contribution in [0.1, 0.15) is 0 Å². The molecular weight excluding hydrogens is 753 g/mol. The van der Waals surface area contributed by atoms with Crippen molar-refractivity contribution in [2.24, 2.45) is 0 Å². The van der Waals surface area contributed by atoms with E-state index in [4.69, 9.17) is 0 Å². The van der Waals surface area contributed by atoms with Gasteiger partial charge in [0.2, 0.25) is 0 Å². The monoisotopic (exact) mass is 788 g/mol. The molecule has 0 aliphatic heterocycles. The molecule has 1 aromatic heterocycles. The maximum Gasteiger partial charge on any atom is 0.0434 e. The number of rotatable bonds is 4. The summed E-state index contributed by atoms with van der Waals surface area (Å²) in [5, 5.41) is 18.2. The van der Waals surface area contributed by atoms with Crippen molar-refractivity contribution in [1.29, 1.82) is 0 Å². The molecule has 0 nitrogen and oxygen atoms in total. The minimum absolute atomic E-state index is 1.22. The highest BCUT2D eigenvalue weighted by atomic mass is 32.1. The Morgan fingerprint density at radius 1 is 0.180 bits per heavy atom. The van der Waals surface area contributed by atoms with E-state index in [-0.39, 0.29) is 0 Å². The highest BCUT2D eigenvalue weighted by Crippen LogP contribution is 2.46. The molecular formula is C60H36S. The van der Waals surface area contributed by atoms with E-state index in [1.165, 1.54) is 129 Å². The fourth-order valence-corrected chi connectivity index (χ4v) is 11.6. The number of fused-ring (bicyclic) bond motifs is 15. The molecule has 0 unspecified atom stereocenters. The summed E-state index contributed by atoms with van der Waals surface area (Å²) in [6.45, 7) is 0. The largest absolute Gasteiger partial charge is 0.134 e. The second kappa shape index (κ2) is 13.5. The number of hydrogen-bond donors (Lipinski definition) is 0. The fourth-order valence-electron chi connectivity index (χ4n) is 10.2. The van der Waals surface area contributed by atoms with Gasteiger partial charge in [-0.25, -0.2) is 0 Å². The quantitative estimate of drug-likeness (QED) is 0.156. The molecule has 13 aromatic rings. The molecule has 0 amide bonds. The van der Waals surface area contributed by atoms with E-state index < -0.39 is 0 Å². The van der Waals surface area contributed by atoms with Crippen molar-refractivity contribution < 1.29 is 0 Å². The zero-order valence-electron chi connectivity index (χ0n) is 33.2. The molecule has 0 aliphatic carbocycles. The molecule has 0 saturated heterocycles. The van der Waals surface area contributed by atoms with Gasteiger partial charge in [-0.15, -0.1) is 11.3 Å². The summed E-state index contributed by atoms with van der Waals surface area (Å²) in [7, 11) is 0. The van der Waals surface area contributed by atoms with Crippen molar-refractivity contribution >= 4 is 96.1 Å². The van der Waals surface area contributed by atoms with Crippen LogP contribution < -0.4 is 0 Å². The number of benzene rings is 12. The summed E-state index contributed by atoms with van der Waals surface area (Å²) in [4.78, 5) is 0. The maximum atomic E-state index is 2.39. The molecule has 0 saturated carbocycles. The zero-order chi connectivity index (χ0) is 40.0. The predicted octanol–water partition coefficient (Wildman–Crippen LogP) is 17.6. The summed E-state index contributed by atoms with van der Waals surface area (Å²) in [6.07, 6.45) is 0. The lowest BCUT2D eigenvalue weighted by molar-refractivity contribution is 1.63. The molecule has 13 rings (SSSR count). The van der Waals surface area contributed by atoms with Gasteiger partial charge in [0.25, 0.3) is 0 Å². The lowest BCUT2D eigenvalue weighted by Gasteiger charge is -2.13. The molecule has 1 heteroatoms. The van der Waals surface area contributed by atoms with E-state index in [2.05, 4.69) is 218 Å². The van der Waals surface area contributed by atoms with Crippen molar-refractivity contribution in [2.75, 3.05) is 0 Å². The van der Waals surface area contributed by atoms with Gasteiger partial charge in [0.1, 0.15) is 0 Å². The lowest BCUT2D eigenvalue weighted by Crippen LogP contribution is -1.86.